The van der Waals surface area contributed by atoms with Crippen molar-refractivity contribution < 1.29 is 26.3 Å². The molecule has 8 rings (SSSR count). The minimum atomic E-state index is -5.09. The lowest BCUT2D eigenvalue weighted by molar-refractivity contribution is -0.143. The second-order valence-corrected chi connectivity index (χ2v) is 21.4. The van der Waals surface area contributed by atoms with Crippen molar-refractivity contribution in [3.8, 4) is 28.6 Å². The number of nitriles is 1. The first kappa shape index (κ1) is 44.6. The number of rotatable bonds is 3. The molecule has 0 amide bonds. The molecular formula is C55H53F6N3. The lowest BCUT2D eigenvalue weighted by atomic mass is 9.85. The van der Waals surface area contributed by atoms with Crippen molar-refractivity contribution in [1.29, 1.82) is 5.26 Å². The Hall–Kier alpha value is -6.01. The summed E-state index contributed by atoms with van der Waals surface area (Å²) in [6.07, 6.45) is -10.2. The van der Waals surface area contributed by atoms with E-state index in [0.717, 1.165) is 65.9 Å². The smallest absolute Gasteiger partial charge is 0.307 e. The van der Waals surface area contributed by atoms with E-state index in [1.165, 1.54) is 0 Å². The van der Waals surface area contributed by atoms with Crippen molar-refractivity contribution in [3.63, 3.8) is 0 Å². The minimum Gasteiger partial charge on any atom is -0.307 e. The van der Waals surface area contributed by atoms with Gasteiger partial charge in [0.1, 0.15) is 0 Å². The zero-order valence-electron chi connectivity index (χ0n) is 38.4. The lowest BCUT2D eigenvalue weighted by Crippen LogP contribution is -2.12. The first-order valence-electron chi connectivity index (χ1n) is 21.5. The number of benzene rings is 6. The van der Waals surface area contributed by atoms with Crippen LogP contribution < -0.4 is 0 Å². The van der Waals surface area contributed by atoms with Gasteiger partial charge in [0.05, 0.1) is 56.2 Å². The summed E-state index contributed by atoms with van der Waals surface area (Å²) >= 11 is 0. The van der Waals surface area contributed by atoms with Gasteiger partial charge in [0, 0.05) is 27.1 Å². The standard InChI is InChI=1S/C55H53F6N3/c1-50(2,3)33-13-17-44-40(25-33)41-26-34(51(4,5)6)14-18-45(41)63(44)48-23-32(30-62)39(31-21-37(54(56,57)58)24-38(22-31)55(59,60)61)29-49(48)64-46-19-15-35(52(7,8)9)27-42(46)43-28-36(53(10,11)12)16-20-47(43)64/h13-29H,1-12H3. The Morgan fingerprint density at radius 2 is 0.672 bits per heavy atom. The molecule has 330 valence electrons. The Labute approximate surface area is 370 Å². The average Bonchev–Trinajstić information content (AvgIpc) is 3.69. The van der Waals surface area contributed by atoms with Crippen molar-refractivity contribution in [2.45, 2.75) is 117 Å². The highest BCUT2D eigenvalue weighted by Gasteiger charge is 2.38. The van der Waals surface area contributed by atoms with E-state index >= 15 is 0 Å². The van der Waals surface area contributed by atoms with Gasteiger partial charge in [-0.15, -0.1) is 0 Å². The molecule has 3 nitrogen and oxygen atoms in total. The maximum Gasteiger partial charge on any atom is 0.416 e. The number of hydrogen-bond donors (Lipinski definition) is 0. The molecule has 2 aromatic heterocycles. The molecule has 2 heterocycles. The molecule has 0 spiro atoms. The van der Waals surface area contributed by atoms with Crippen molar-refractivity contribution >= 4 is 43.6 Å². The van der Waals surface area contributed by atoms with E-state index < -0.39 is 23.5 Å². The number of halogens is 6. The van der Waals surface area contributed by atoms with Crippen molar-refractivity contribution in [3.05, 3.63) is 142 Å². The molecule has 0 radical (unpaired) electrons. The van der Waals surface area contributed by atoms with Gasteiger partial charge in [-0.05, 0) is 128 Å². The Morgan fingerprint density at radius 1 is 0.375 bits per heavy atom. The zero-order chi connectivity index (χ0) is 46.9. The van der Waals surface area contributed by atoms with Crippen molar-refractivity contribution in [2.24, 2.45) is 0 Å². The topological polar surface area (TPSA) is 33.6 Å². The summed E-state index contributed by atoms with van der Waals surface area (Å²) in [5.74, 6) is 0. The third kappa shape index (κ3) is 7.73. The molecular weight excluding hydrogens is 817 g/mol. The summed E-state index contributed by atoms with van der Waals surface area (Å²) in [7, 11) is 0. The molecule has 0 saturated carbocycles. The quantitative estimate of drug-likeness (QED) is 0.163. The predicted molar refractivity (Wildman–Crippen MR) is 250 cm³/mol. The van der Waals surface area contributed by atoms with Gasteiger partial charge < -0.3 is 9.13 Å². The third-order valence-electron chi connectivity index (χ3n) is 12.6. The largest absolute Gasteiger partial charge is 0.416 e. The summed E-state index contributed by atoms with van der Waals surface area (Å²) in [6.45, 7) is 25.8. The molecule has 0 bridgehead atoms. The first-order chi connectivity index (χ1) is 29.5. The molecule has 0 unspecified atom stereocenters. The summed E-state index contributed by atoms with van der Waals surface area (Å²) in [5.41, 5.74) is 4.45. The van der Waals surface area contributed by atoms with Crippen LogP contribution in [0.1, 0.15) is 122 Å². The van der Waals surface area contributed by atoms with E-state index in [1.807, 2.05) is 16.7 Å². The predicted octanol–water partition coefficient (Wildman–Crippen LogP) is 16.6. The monoisotopic (exact) mass is 869 g/mol. The van der Waals surface area contributed by atoms with Crippen LogP contribution in [0.5, 0.6) is 0 Å². The van der Waals surface area contributed by atoms with Gasteiger partial charge in [0.2, 0.25) is 0 Å². The van der Waals surface area contributed by atoms with Crippen molar-refractivity contribution in [2.75, 3.05) is 0 Å². The summed E-state index contributed by atoms with van der Waals surface area (Å²) in [5, 5.41) is 14.7. The highest BCUT2D eigenvalue weighted by molar-refractivity contribution is 6.12. The summed E-state index contributed by atoms with van der Waals surface area (Å²) in [4.78, 5) is 0. The maximum atomic E-state index is 14.4. The fourth-order valence-corrected chi connectivity index (χ4v) is 8.81. The zero-order valence-corrected chi connectivity index (χ0v) is 38.4. The normalized spacial score (nSPS) is 13.5. The van der Waals surface area contributed by atoms with Gasteiger partial charge in [0.15, 0.2) is 0 Å². The van der Waals surface area contributed by atoms with Gasteiger partial charge in [0.25, 0.3) is 0 Å². The Morgan fingerprint density at radius 3 is 0.938 bits per heavy atom. The lowest BCUT2D eigenvalue weighted by Gasteiger charge is -2.22. The number of nitrogens with zero attached hydrogens (tertiary/aromatic N) is 3. The van der Waals surface area contributed by atoms with E-state index in [-0.39, 0.29) is 44.4 Å². The fraction of sp³-hybridized carbons (Fsp3) is 0.327. The van der Waals surface area contributed by atoms with Gasteiger partial charge in [-0.2, -0.15) is 31.6 Å². The SMILES string of the molecule is CC(C)(C)c1ccc2c(c1)c1cc(C(C)(C)C)ccc1n2-c1cc(C#N)c(-c2cc(C(F)(F)F)cc(C(F)(F)F)c2)cc1-n1c2ccc(C(C)(C)C)cc2c2cc(C(C)(C)C)ccc21. The third-order valence-corrected chi connectivity index (χ3v) is 12.6. The number of alkyl halides is 6. The van der Waals surface area contributed by atoms with Crippen LogP contribution in [0.15, 0.2) is 103 Å². The number of fused-ring (bicyclic) bond motifs is 6. The van der Waals surface area contributed by atoms with Gasteiger partial charge in [-0.25, -0.2) is 0 Å². The van der Waals surface area contributed by atoms with Gasteiger partial charge in [-0.3, -0.25) is 0 Å². The Balaban J connectivity index is 1.60. The molecule has 0 fully saturated rings. The molecule has 0 aliphatic carbocycles. The van der Waals surface area contributed by atoms with E-state index in [2.05, 4.69) is 154 Å². The molecule has 0 atom stereocenters. The van der Waals surface area contributed by atoms with E-state index in [9.17, 15) is 31.6 Å². The summed E-state index contributed by atoms with van der Waals surface area (Å²) in [6, 6.07) is 32.2. The first-order valence-corrected chi connectivity index (χ1v) is 21.5. The van der Waals surface area contributed by atoms with E-state index in [1.54, 1.807) is 12.1 Å². The van der Waals surface area contributed by atoms with Gasteiger partial charge in [-0.1, -0.05) is 107 Å². The second kappa shape index (κ2) is 14.5. The van der Waals surface area contributed by atoms with Gasteiger partial charge >= 0.3 is 12.4 Å². The van der Waals surface area contributed by atoms with Crippen LogP contribution in [-0.4, -0.2) is 9.13 Å². The molecule has 8 aromatic rings. The second-order valence-electron chi connectivity index (χ2n) is 21.4. The molecule has 0 saturated heterocycles. The van der Waals surface area contributed by atoms with Crippen LogP contribution in [0, 0.1) is 11.3 Å². The van der Waals surface area contributed by atoms with E-state index in [0.29, 0.717) is 23.5 Å². The van der Waals surface area contributed by atoms with Crippen LogP contribution in [0.3, 0.4) is 0 Å². The fourth-order valence-electron chi connectivity index (χ4n) is 8.81. The molecule has 0 aliphatic rings. The van der Waals surface area contributed by atoms with Crippen LogP contribution >= 0.6 is 0 Å². The van der Waals surface area contributed by atoms with Crippen molar-refractivity contribution in [1.82, 2.24) is 9.13 Å². The highest BCUT2D eigenvalue weighted by Crippen LogP contribution is 2.46. The molecule has 0 aliphatic heterocycles. The van der Waals surface area contributed by atoms with Crippen LogP contribution in [0.4, 0.5) is 26.3 Å². The Kier molecular flexibility index (Phi) is 10.1. The minimum absolute atomic E-state index is 0.0590. The number of hydrogen-bond acceptors (Lipinski definition) is 1. The molecule has 6 aromatic carbocycles. The maximum absolute atomic E-state index is 14.4. The van der Waals surface area contributed by atoms with Crippen LogP contribution in [-0.2, 0) is 34.0 Å². The van der Waals surface area contributed by atoms with Crippen LogP contribution in [0.2, 0.25) is 0 Å². The molecule has 9 heteroatoms. The molecule has 0 N–H and O–H groups in total. The number of aromatic nitrogens is 2. The average molecular weight is 870 g/mol. The van der Waals surface area contributed by atoms with Crippen LogP contribution in [0.25, 0.3) is 66.1 Å². The highest BCUT2D eigenvalue weighted by atomic mass is 19.4. The Bertz CT molecular complexity index is 3050. The summed E-state index contributed by atoms with van der Waals surface area (Å²) < 4.78 is 90.7. The van der Waals surface area contributed by atoms with E-state index in [4.69, 9.17) is 0 Å². The molecule has 64 heavy (non-hydrogen) atoms.